The Labute approximate surface area is 197 Å². The molecule has 0 saturated heterocycles. The zero-order valence-corrected chi connectivity index (χ0v) is 21.0. The first-order valence-corrected chi connectivity index (χ1v) is 13.2. The lowest BCUT2D eigenvalue weighted by Crippen LogP contribution is -2.67. The van der Waals surface area contributed by atoms with E-state index in [4.69, 9.17) is 23.4 Å². The molecule has 6 nitrogen and oxygen atoms in total. The van der Waals surface area contributed by atoms with Crippen molar-refractivity contribution in [3.63, 3.8) is 0 Å². The van der Waals surface area contributed by atoms with Crippen LogP contribution >= 0.6 is 0 Å². The van der Waals surface area contributed by atoms with E-state index in [0.29, 0.717) is 6.61 Å². The van der Waals surface area contributed by atoms with Gasteiger partial charge >= 0.3 is 6.16 Å². The molecule has 0 aromatic heterocycles. The van der Waals surface area contributed by atoms with Crippen LogP contribution < -0.4 is 10.4 Å². The number of methoxy groups -OCH3 is 1. The standard InChI is InChI=1S/C26H34O6Si/c1-6-29-24-18-17-22(32-25(27)28-5)23(31-24)19-30-33(26(2,3)4,20-13-9-7-10-14-20)21-15-11-8-12-16-21/h7-18,22-24H,6,19H2,1-5H3/t22-,23-,24+/m1/s1. The Morgan fingerprint density at radius 2 is 1.55 bits per heavy atom. The topological polar surface area (TPSA) is 63.2 Å². The largest absolute Gasteiger partial charge is 0.508 e. The van der Waals surface area contributed by atoms with Crippen LogP contribution in [-0.4, -0.2) is 53.3 Å². The summed E-state index contributed by atoms with van der Waals surface area (Å²) in [5.41, 5.74) is 0. The van der Waals surface area contributed by atoms with Gasteiger partial charge in [0.15, 0.2) is 12.4 Å². The van der Waals surface area contributed by atoms with Crippen LogP contribution in [0, 0.1) is 0 Å². The summed E-state index contributed by atoms with van der Waals surface area (Å²) < 4.78 is 28.9. The second-order valence-corrected chi connectivity index (χ2v) is 13.2. The van der Waals surface area contributed by atoms with Crippen LogP contribution in [0.5, 0.6) is 0 Å². The molecule has 0 radical (unpaired) electrons. The highest BCUT2D eigenvalue weighted by Gasteiger charge is 2.51. The van der Waals surface area contributed by atoms with Gasteiger partial charge in [-0.3, -0.25) is 0 Å². The van der Waals surface area contributed by atoms with Crippen LogP contribution in [0.15, 0.2) is 72.8 Å². The van der Waals surface area contributed by atoms with Gasteiger partial charge < -0.3 is 23.4 Å². The third kappa shape index (κ3) is 5.73. The van der Waals surface area contributed by atoms with Crippen LogP contribution in [0.2, 0.25) is 5.04 Å². The first kappa shape index (κ1) is 25.2. The van der Waals surface area contributed by atoms with Crippen molar-refractivity contribution in [3.8, 4) is 0 Å². The van der Waals surface area contributed by atoms with Crippen molar-refractivity contribution in [1.29, 1.82) is 0 Å². The molecular formula is C26H34O6Si. The average Bonchev–Trinajstić information content (AvgIpc) is 2.81. The van der Waals surface area contributed by atoms with E-state index in [0.717, 1.165) is 0 Å². The fraction of sp³-hybridized carbons (Fsp3) is 0.423. The SMILES string of the molecule is CCO[C@@H]1C=C[C@@H](OC(=O)OC)[C@@H](CO[Si](c2ccccc2)(c2ccccc2)C(C)(C)C)O1. The van der Waals surface area contributed by atoms with E-state index < -0.39 is 33.0 Å². The van der Waals surface area contributed by atoms with Gasteiger partial charge in [-0.25, -0.2) is 4.79 Å². The molecule has 3 atom stereocenters. The second-order valence-electron chi connectivity index (χ2n) is 8.89. The zero-order chi connectivity index (χ0) is 23.9. The van der Waals surface area contributed by atoms with E-state index in [1.807, 2.05) is 43.3 Å². The molecule has 0 fully saturated rings. The number of carbonyl (C=O) groups is 1. The maximum Gasteiger partial charge on any atom is 0.508 e. The minimum atomic E-state index is -2.77. The predicted octanol–water partition coefficient (Wildman–Crippen LogP) is 4.03. The van der Waals surface area contributed by atoms with Crippen molar-refractivity contribution in [3.05, 3.63) is 72.8 Å². The average molecular weight is 471 g/mol. The molecule has 0 aliphatic carbocycles. The molecule has 0 N–H and O–H groups in total. The van der Waals surface area contributed by atoms with E-state index in [9.17, 15) is 4.79 Å². The minimum Gasteiger partial charge on any atom is -0.438 e. The number of carbonyl (C=O) groups excluding carboxylic acids is 1. The number of benzene rings is 2. The summed E-state index contributed by atoms with van der Waals surface area (Å²) >= 11 is 0. The molecule has 0 unspecified atom stereocenters. The Morgan fingerprint density at radius 3 is 2.03 bits per heavy atom. The van der Waals surface area contributed by atoms with Crippen molar-refractivity contribution < 1.29 is 28.2 Å². The third-order valence-electron chi connectivity index (χ3n) is 5.74. The highest BCUT2D eigenvalue weighted by Crippen LogP contribution is 2.37. The Morgan fingerprint density at radius 1 is 0.970 bits per heavy atom. The van der Waals surface area contributed by atoms with Gasteiger partial charge in [0.2, 0.25) is 0 Å². The van der Waals surface area contributed by atoms with Gasteiger partial charge in [-0.1, -0.05) is 81.4 Å². The van der Waals surface area contributed by atoms with Crippen molar-refractivity contribution >= 4 is 24.8 Å². The summed E-state index contributed by atoms with van der Waals surface area (Å²) in [7, 11) is -1.48. The molecular weight excluding hydrogens is 436 g/mol. The fourth-order valence-electron chi connectivity index (χ4n) is 4.26. The zero-order valence-electron chi connectivity index (χ0n) is 20.0. The van der Waals surface area contributed by atoms with Crippen LogP contribution in [0.4, 0.5) is 4.79 Å². The van der Waals surface area contributed by atoms with Crippen LogP contribution in [0.25, 0.3) is 0 Å². The second kappa shape index (κ2) is 11.1. The van der Waals surface area contributed by atoms with Gasteiger partial charge in [-0.05, 0) is 34.5 Å². The molecule has 0 bridgehead atoms. The molecule has 0 saturated carbocycles. The molecule has 2 aromatic carbocycles. The number of ether oxygens (including phenoxy) is 4. The molecule has 3 rings (SSSR count). The minimum absolute atomic E-state index is 0.182. The molecule has 0 amide bonds. The van der Waals surface area contributed by atoms with Crippen molar-refractivity contribution in [1.82, 2.24) is 0 Å². The fourth-order valence-corrected chi connectivity index (χ4v) is 8.83. The van der Waals surface area contributed by atoms with Gasteiger partial charge in [0.05, 0.1) is 13.7 Å². The van der Waals surface area contributed by atoms with E-state index in [1.165, 1.54) is 17.5 Å². The van der Waals surface area contributed by atoms with E-state index in [1.54, 1.807) is 12.2 Å². The van der Waals surface area contributed by atoms with Gasteiger partial charge in [0.25, 0.3) is 8.32 Å². The maximum atomic E-state index is 11.8. The number of hydrogen-bond acceptors (Lipinski definition) is 6. The highest BCUT2D eigenvalue weighted by atomic mass is 28.4. The first-order valence-electron chi connectivity index (χ1n) is 11.3. The van der Waals surface area contributed by atoms with Crippen LogP contribution in [-0.2, 0) is 23.4 Å². The van der Waals surface area contributed by atoms with Gasteiger partial charge in [0, 0.05) is 6.61 Å². The summed E-state index contributed by atoms with van der Waals surface area (Å²) in [4.78, 5) is 11.8. The lowest BCUT2D eigenvalue weighted by Gasteiger charge is -2.44. The van der Waals surface area contributed by atoms with Crippen molar-refractivity contribution in [2.24, 2.45) is 0 Å². The Balaban J connectivity index is 1.98. The maximum absolute atomic E-state index is 11.8. The lowest BCUT2D eigenvalue weighted by molar-refractivity contribution is -0.178. The Kier molecular flexibility index (Phi) is 8.48. The van der Waals surface area contributed by atoms with Gasteiger partial charge in [-0.15, -0.1) is 0 Å². The summed E-state index contributed by atoms with van der Waals surface area (Å²) in [5, 5.41) is 2.15. The quantitative estimate of drug-likeness (QED) is 0.330. The molecule has 33 heavy (non-hydrogen) atoms. The normalized spacial score (nSPS) is 20.9. The lowest BCUT2D eigenvalue weighted by atomic mass is 10.1. The smallest absolute Gasteiger partial charge is 0.438 e. The summed E-state index contributed by atoms with van der Waals surface area (Å²) in [6.45, 7) is 9.27. The van der Waals surface area contributed by atoms with E-state index in [-0.39, 0.29) is 11.6 Å². The summed E-state index contributed by atoms with van der Waals surface area (Å²) in [5.74, 6) is 0. The number of hydrogen-bond donors (Lipinski definition) is 0. The van der Waals surface area contributed by atoms with Crippen LogP contribution in [0.1, 0.15) is 27.7 Å². The third-order valence-corrected chi connectivity index (χ3v) is 10.7. The number of rotatable bonds is 8. The molecule has 1 aliphatic heterocycles. The van der Waals surface area contributed by atoms with Crippen molar-refractivity contribution in [2.75, 3.05) is 20.3 Å². The predicted molar refractivity (Wildman–Crippen MR) is 130 cm³/mol. The molecule has 7 heteroatoms. The summed E-state index contributed by atoms with van der Waals surface area (Å²) in [6.07, 6.45) is 1.04. The Bertz CT molecular complexity index is 870. The monoisotopic (exact) mass is 470 g/mol. The highest BCUT2D eigenvalue weighted by molar-refractivity contribution is 6.99. The molecule has 1 heterocycles. The van der Waals surface area contributed by atoms with E-state index >= 15 is 0 Å². The molecule has 178 valence electrons. The first-order chi connectivity index (χ1) is 15.8. The van der Waals surface area contributed by atoms with Crippen molar-refractivity contribution in [2.45, 2.75) is 51.2 Å². The molecule has 2 aromatic rings. The Hall–Kier alpha value is -2.45. The summed E-state index contributed by atoms with van der Waals surface area (Å²) in [6, 6.07) is 20.7. The molecule has 1 aliphatic rings. The van der Waals surface area contributed by atoms with Crippen LogP contribution in [0.3, 0.4) is 0 Å². The van der Waals surface area contributed by atoms with Gasteiger partial charge in [0.1, 0.15) is 6.10 Å². The van der Waals surface area contributed by atoms with E-state index in [2.05, 4.69) is 45.0 Å². The van der Waals surface area contributed by atoms with Gasteiger partial charge in [-0.2, -0.15) is 0 Å². The molecule has 0 spiro atoms.